The van der Waals surface area contributed by atoms with Crippen LogP contribution in [0.5, 0.6) is 5.75 Å². The number of nitrogens with two attached hydrogens (primary N) is 2. The molecule has 3 heterocycles. The minimum Gasteiger partial charge on any atom is -0.494 e. The number of amidine groups is 1. The van der Waals surface area contributed by atoms with Crippen LogP contribution in [0.4, 0.5) is 25.8 Å². The first kappa shape index (κ1) is 35.6. The SMILES string of the molecule is C=CC(=O)Nc1cc(N=C(N)/C=C(\NN)N2OCC[C@@H]2c2ccc(F)cc2F)c(OC)cc1N1CCC(N2CCN(C3CCCC3)CC2)CC1. The summed E-state index contributed by atoms with van der Waals surface area (Å²) in [5, 5.41) is 4.34. The Morgan fingerprint density at radius 1 is 1.00 bits per heavy atom. The number of benzene rings is 2. The number of methoxy groups -OCH3 is 1. The van der Waals surface area contributed by atoms with E-state index < -0.39 is 17.7 Å². The van der Waals surface area contributed by atoms with Gasteiger partial charge in [0.05, 0.1) is 31.1 Å². The van der Waals surface area contributed by atoms with Crippen molar-refractivity contribution in [2.75, 3.05) is 63.2 Å². The lowest BCUT2D eigenvalue weighted by molar-refractivity contribution is -0.111. The molecular weight excluding hydrogens is 644 g/mol. The van der Waals surface area contributed by atoms with Gasteiger partial charge in [0.15, 0.2) is 0 Å². The molecule has 270 valence electrons. The van der Waals surface area contributed by atoms with Crippen molar-refractivity contribution in [2.24, 2.45) is 16.6 Å². The highest BCUT2D eigenvalue weighted by atomic mass is 19.1. The molecule has 12 nitrogen and oxygen atoms in total. The summed E-state index contributed by atoms with van der Waals surface area (Å²) in [6, 6.07) is 7.74. The molecule has 0 radical (unpaired) electrons. The predicted molar refractivity (Wildman–Crippen MR) is 191 cm³/mol. The van der Waals surface area contributed by atoms with Crippen molar-refractivity contribution in [3.8, 4) is 5.75 Å². The third kappa shape index (κ3) is 8.04. The van der Waals surface area contributed by atoms with Gasteiger partial charge in [-0.05, 0) is 43.9 Å². The maximum atomic E-state index is 14.7. The smallest absolute Gasteiger partial charge is 0.247 e. The molecule has 3 aliphatic heterocycles. The quantitative estimate of drug-likeness (QED) is 0.0887. The number of nitrogens with one attached hydrogen (secondary N) is 2. The van der Waals surface area contributed by atoms with E-state index in [1.165, 1.54) is 55.0 Å². The second-order valence-electron chi connectivity index (χ2n) is 13.3. The zero-order chi connectivity index (χ0) is 35.2. The van der Waals surface area contributed by atoms with Crippen molar-refractivity contribution < 1.29 is 23.1 Å². The van der Waals surface area contributed by atoms with Crippen LogP contribution in [0.1, 0.15) is 56.6 Å². The van der Waals surface area contributed by atoms with Gasteiger partial charge in [0.25, 0.3) is 0 Å². The maximum Gasteiger partial charge on any atom is 0.247 e. The molecule has 4 fully saturated rings. The monoisotopic (exact) mass is 693 g/mol. The third-order valence-electron chi connectivity index (χ3n) is 10.4. The minimum absolute atomic E-state index is 0.0349. The van der Waals surface area contributed by atoms with E-state index in [0.717, 1.165) is 69.9 Å². The minimum atomic E-state index is -0.691. The normalized spacial score (nSPS) is 21.9. The number of carbonyl (C=O) groups is 1. The molecule has 14 heteroatoms. The number of anilines is 2. The van der Waals surface area contributed by atoms with Crippen molar-refractivity contribution >= 4 is 28.8 Å². The Kier molecular flexibility index (Phi) is 11.5. The number of amides is 1. The van der Waals surface area contributed by atoms with E-state index >= 15 is 0 Å². The van der Waals surface area contributed by atoms with Gasteiger partial charge in [0.1, 0.15) is 34.7 Å². The van der Waals surface area contributed by atoms with Crippen molar-refractivity contribution in [3.05, 3.63) is 72.1 Å². The van der Waals surface area contributed by atoms with Crippen LogP contribution in [-0.2, 0) is 9.63 Å². The molecular formula is C36H49F2N9O3. The number of ether oxygens (including phenoxy) is 1. The highest BCUT2D eigenvalue weighted by molar-refractivity contribution is 6.02. The Morgan fingerprint density at radius 2 is 1.68 bits per heavy atom. The zero-order valence-corrected chi connectivity index (χ0v) is 28.8. The second-order valence-corrected chi connectivity index (χ2v) is 13.3. The molecule has 6 N–H and O–H groups in total. The first-order valence-corrected chi connectivity index (χ1v) is 17.6. The fraction of sp³-hybridized carbons (Fsp3) is 0.500. The standard InChI is InChI=1S/C36H49F2N9O3/c1-3-36(48)42-29-21-30(41-34(39)23-35(43-40)47-31(12-19-50-47)27-9-8-24(37)20-28(27)38)33(49-2)22-32(29)46-13-10-26(11-14-46)45-17-15-44(16-18-45)25-6-4-5-7-25/h3,8-9,20-23,25-26,31,43H,1,4-7,10-19,40H2,2H3,(H2,39,41)(H,42,48)/b35-23+/t31-/m1/s1. The Balaban J connectivity index is 1.18. The van der Waals surface area contributed by atoms with Crippen LogP contribution in [0.15, 0.2) is 59.9 Å². The molecule has 6 rings (SSSR count). The number of piperidine rings is 1. The van der Waals surface area contributed by atoms with Crippen LogP contribution in [0.25, 0.3) is 0 Å². The molecule has 3 saturated heterocycles. The molecule has 1 amide bonds. The van der Waals surface area contributed by atoms with E-state index in [4.69, 9.17) is 21.2 Å². The van der Waals surface area contributed by atoms with Gasteiger partial charge in [-0.3, -0.25) is 19.4 Å². The number of hydrazine groups is 1. The van der Waals surface area contributed by atoms with E-state index in [1.54, 1.807) is 13.2 Å². The average molecular weight is 694 g/mol. The number of aliphatic imine (C=N–C) groups is 1. The summed E-state index contributed by atoms with van der Waals surface area (Å²) in [4.78, 5) is 30.5. The summed E-state index contributed by atoms with van der Waals surface area (Å²) >= 11 is 0. The molecule has 0 bridgehead atoms. The molecule has 2 aromatic rings. The lowest BCUT2D eigenvalue weighted by Gasteiger charge is -2.44. The molecule has 1 saturated carbocycles. The number of nitrogens with zero attached hydrogens (tertiary/aromatic N) is 5. The number of hydroxylamine groups is 2. The van der Waals surface area contributed by atoms with E-state index in [0.29, 0.717) is 29.6 Å². The molecule has 0 spiro atoms. The fourth-order valence-corrected chi connectivity index (χ4v) is 7.80. The fourth-order valence-electron chi connectivity index (χ4n) is 7.80. The van der Waals surface area contributed by atoms with E-state index in [2.05, 4.69) is 37.0 Å². The summed E-state index contributed by atoms with van der Waals surface area (Å²) in [6.07, 6.45) is 10.6. The van der Waals surface area contributed by atoms with Crippen LogP contribution in [0, 0.1) is 11.6 Å². The Bertz CT molecular complexity index is 1580. The summed E-state index contributed by atoms with van der Waals surface area (Å²) in [6.45, 7) is 10.1. The van der Waals surface area contributed by atoms with Crippen LogP contribution in [-0.4, -0.2) is 91.7 Å². The number of rotatable bonds is 11. The lowest BCUT2D eigenvalue weighted by Crippen LogP contribution is -2.54. The summed E-state index contributed by atoms with van der Waals surface area (Å²) in [5.41, 5.74) is 11.0. The topological polar surface area (TPSA) is 137 Å². The molecule has 4 aliphatic rings. The van der Waals surface area contributed by atoms with Gasteiger partial charge in [-0.25, -0.2) is 24.7 Å². The summed E-state index contributed by atoms with van der Waals surface area (Å²) < 4.78 is 34.0. The number of piperazine rings is 1. The molecule has 1 atom stereocenters. The van der Waals surface area contributed by atoms with Crippen LogP contribution < -0.4 is 32.0 Å². The number of carbonyl (C=O) groups excluding carboxylic acids is 1. The Morgan fingerprint density at radius 3 is 2.30 bits per heavy atom. The van der Waals surface area contributed by atoms with Gasteiger partial charge in [0, 0.05) is 81.5 Å². The Hall–Kier alpha value is -4.24. The summed E-state index contributed by atoms with van der Waals surface area (Å²) in [5.74, 6) is 4.84. The van der Waals surface area contributed by atoms with Gasteiger partial charge in [0.2, 0.25) is 5.91 Å². The Labute approximate surface area is 292 Å². The van der Waals surface area contributed by atoms with Gasteiger partial charge in [-0.1, -0.05) is 25.5 Å². The predicted octanol–water partition coefficient (Wildman–Crippen LogP) is 4.30. The highest BCUT2D eigenvalue weighted by Gasteiger charge is 2.33. The van der Waals surface area contributed by atoms with Gasteiger partial charge in [-0.15, -0.1) is 0 Å². The number of hydrogen-bond donors (Lipinski definition) is 4. The van der Waals surface area contributed by atoms with Crippen LogP contribution >= 0.6 is 0 Å². The van der Waals surface area contributed by atoms with Crippen LogP contribution in [0.2, 0.25) is 0 Å². The van der Waals surface area contributed by atoms with E-state index in [9.17, 15) is 13.6 Å². The molecule has 2 aromatic carbocycles. The van der Waals surface area contributed by atoms with Crippen molar-refractivity contribution in [3.63, 3.8) is 0 Å². The second kappa shape index (κ2) is 16.2. The number of halogens is 2. The average Bonchev–Trinajstić information content (AvgIpc) is 3.85. The summed E-state index contributed by atoms with van der Waals surface area (Å²) in [7, 11) is 1.55. The van der Waals surface area contributed by atoms with Crippen molar-refractivity contribution in [2.45, 2.75) is 63.1 Å². The van der Waals surface area contributed by atoms with E-state index in [-0.39, 0.29) is 29.7 Å². The van der Waals surface area contributed by atoms with Crippen molar-refractivity contribution in [1.82, 2.24) is 20.3 Å². The molecule has 1 aliphatic carbocycles. The molecule has 0 aromatic heterocycles. The van der Waals surface area contributed by atoms with Gasteiger partial charge >= 0.3 is 0 Å². The maximum absolute atomic E-state index is 14.7. The third-order valence-corrected chi connectivity index (χ3v) is 10.4. The largest absolute Gasteiger partial charge is 0.494 e. The van der Waals surface area contributed by atoms with E-state index in [1.807, 2.05) is 6.07 Å². The molecule has 0 unspecified atom stereocenters. The number of hydrogen-bond acceptors (Lipinski definition) is 10. The lowest BCUT2D eigenvalue weighted by atomic mass is 10.0. The van der Waals surface area contributed by atoms with Gasteiger partial charge in [-0.2, -0.15) is 0 Å². The van der Waals surface area contributed by atoms with Crippen molar-refractivity contribution in [1.29, 1.82) is 0 Å². The van der Waals surface area contributed by atoms with Crippen LogP contribution in [0.3, 0.4) is 0 Å². The first-order chi connectivity index (χ1) is 24.3. The highest BCUT2D eigenvalue weighted by Crippen LogP contribution is 2.40. The van der Waals surface area contributed by atoms with Gasteiger partial charge < -0.3 is 26.1 Å². The first-order valence-electron chi connectivity index (χ1n) is 17.6. The zero-order valence-electron chi connectivity index (χ0n) is 28.8. The molecule has 50 heavy (non-hydrogen) atoms.